The molecule has 1 atom stereocenters. The second-order valence-electron chi connectivity index (χ2n) is 4.01. The van der Waals surface area contributed by atoms with Gasteiger partial charge in [0.05, 0.1) is 11.6 Å². The molecule has 3 heteroatoms. The van der Waals surface area contributed by atoms with Crippen LogP contribution in [0.25, 0.3) is 11.0 Å². The normalized spacial score (nSPS) is 13.7. The molecular formula is C11H15N3. The molecule has 0 bridgehead atoms. The summed E-state index contributed by atoms with van der Waals surface area (Å²) in [4.78, 5) is 0. The third kappa shape index (κ3) is 1.39. The van der Waals surface area contributed by atoms with E-state index in [0.717, 1.165) is 11.0 Å². The maximum absolute atomic E-state index is 4.18. The average Bonchev–Trinajstić information content (AvgIpc) is 2.60. The van der Waals surface area contributed by atoms with Gasteiger partial charge in [-0.15, -0.1) is 5.10 Å². The minimum absolute atomic E-state index is 0.391. The number of hydrogen-bond donors (Lipinski definition) is 0. The summed E-state index contributed by atoms with van der Waals surface area (Å²) in [6.07, 6.45) is 0. The first-order valence-electron chi connectivity index (χ1n) is 5.00. The minimum atomic E-state index is 0.391. The summed E-state index contributed by atoms with van der Waals surface area (Å²) in [6, 6.07) is 8.46. The molecule has 1 aromatic carbocycles. The van der Waals surface area contributed by atoms with Crippen molar-refractivity contribution in [2.45, 2.75) is 26.8 Å². The van der Waals surface area contributed by atoms with Crippen molar-refractivity contribution < 1.29 is 0 Å². The van der Waals surface area contributed by atoms with Crippen molar-refractivity contribution >= 4 is 11.0 Å². The molecule has 14 heavy (non-hydrogen) atoms. The van der Waals surface area contributed by atoms with Crippen LogP contribution < -0.4 is 0 Å². The van der Waals surface area contributed by atoms with Gasteiger partial charge < -0.3 is 0 Å². The first-order chi connectivity index (χ1) is 6.70. The van der Waals surface area contributed by atoms with Gasteiger partial charge in [0.25, 0.3) is 0 Å². The van der Waals surface area contributed by atoms with Crippen LogP contribution in [0.5, 0.6) is 0 Å². The van der Waals surface area contributed by atoms with Crippen LogP contribution in [0.1, 0.15) is 26.8 Å². The van der Waals surface area contributed by atoms with Crippen LogP contribution in [0.15, 0.2) is 24.3 Å². The van der Waals surface area contributed by atoms with Gasteiger partial charge in [0, 0.05) is 0 Å². The van der Waals surface area contributed by atoms with Gasteiger partial charge >= 0.3 is 0 Å². The smallest absolute Gasteiger partial charge is 0.113 e. The number of para-hydroxylation sites is 1. The van der Waals surface area contributed by atoms with E-state index in [1.165, 1.54) is 0 Å². The van der Waals surface area contributed by atoms with E-state index in [4.69, 9.17) is 0 Å². The highest BCUT2D eigenvalue weighted by atomic mass is 15.4. The fourth-order valence-corrected chi connectivity index (χ4v) is 1.47. The maximum atomic E-state index is 4.18. The van der Waals surface area contributed by atoms with E-state index in [0.29, 0.717) is 12.0 Å². The predicted molar refractivity (Wildman–Crippen MR) is 57.1 cm³/mol. The molecular weight excluding hydrogens is 174 g/mol. The Balaban J connectivity index is 2.53. The quantitative estimate of drug-likeness (QED) is 0.727. The second-order valence-corrected chi connectivity index (χ2v) is 4.01. The summed E-state index contributed by atoms with van der Waals surface area (Å²) in [7, 11) is 0. The Morgan fingerprint density at radius 2 is 1.86 bits per heavy atom. The number of fused-ring (bicyclic) bond motifs is 1. The van der Waals surface area contributed by atoms with E-state index in [9.17, 15) is 0 Å². The predicted octanol–water partition coefficient (Wildman–Crippen LogP) is 2.65. The zero-order valence-corrected chi connectivity index (χ0v) is 8.81. The monoisotopic (exact) mass is 189 g/mol. The lowest BCUT2D eigenvalue weighted by atomic mass is 10.1. The molecule has 0 aliphatic heterocycles. The number of rotatable bonds is 2. The van der Waals surface area contributed by atoms with Crippen molar-refractivity contribution in [3.63, 3.8) is 0 Å². The molecule has 0 saturated carbocycles. The number of aromatic nitrogens is 3. The molecule has 2 aromatic rings. The third-order valence-corrected chi connectivity index (χ3v) is 2.73. The molecule has 0 N–H and O–H groups in total. The second kappa shape index (κ2) is 3.40. The van der Waals surface area contributed by atoms with E-state index in [1.54, 1.807) is 0 Å². The third-order valence-electron chi connectivity index (χ3n) is 2.73. The fraction of sp³-hybridized carbons (Fsp3) is 0.455. The number of nitrogens with zero attached hydrogens (tertiary/aromatic N) is 3. The Morgan fingerprint density at radius 3 is 2.57 bits per heavy atom. The maximum Gasteiger partial charge on any atom is 0.113 e. The largest absolute Gasteiger partial charge is 0.242 e. The van der Waals surface area contributed by atoms with Crippen LogP contribution >= 0.6 is 0 Å². The Labute approximate surface area is 83.7 Å². The summed E-state index contributed by atoms with van der Waals surface area (Å²) in [5.41, 5.74) is 2.09. The lowest BCUT2D eigenvalue weighted by Gasteiger charge is -2.15. The number of benzene rings is 1. The van der Waals surface area contributed by atoms with Crippen molar-refractivity contribution in [2.24, 2.45) is 5.92 Å². The van der Waals surface area contributed by atoms with Gasteiger partial charge in [-0.25, -0.2) is 4.68 Å². The molecule has 0 aliphatic carbocycles. The molecule has 0 amide bonds. The van der Waals surface area contributed by atoms with Gasteiger partial charge in [-0.1, -0.05) is 31.2 Å². The molecule has 3 nitrogen and oxygen atoms in total. The molecule has 1 heterocycles. The topological polar surface area (TPSA) is 30.7 Å². The minimum Gasteiger partial charge on any atom is -0.242 e. The van der Waals surface area contributed by atoms with E-state index >= 15 is 0 Å². The van der Waals surface area contributed by atoms with Crippen molar-refractivity contribution in [3.8, 4) is 0 Å². The van der Waals surface area contributed by atoms with Crippen molar-refractivity contribution in [3.05, 3.63) is 24.3 Å². The van der Waals surface area contributed by atoms with Gasteiger partial charge in [-0.05, 0) is 25.0 Å². The SMILES string of the molecule is CC(C)C(C)n1nnc2ccccc21. The molecule has 0 radical (unpaired) electrons. The van der Waals surface area contributed by atoms with E-state index in [1.807, 2.05) is 22.9 Å². The summed E-state index contributed by atoms with van der Waals surface area (Å²) in [5, 5.41) is 8.32. The Bertz CT molecular complexity index is 431. The highest BCUT2D eigenvalue weighted by Crippen LogP contribution is 2.20. The van der Waals surface area contributed by atoms with E-state index in [-0.39, 0.29) is 0 Å². The summed E-state index contributed by atoms with van der Waals surface area (Å²) in [5.74, 6) is 0.570. The van der Waals surface area contributed by atoms with Crippen LogP contribution in [-0.4, -0.2) is 15.0 Å². The van der Waals surface area contributed by atoms with Gasteiger partial charge in [0.15, 0.2) is 0 Å². The van der Waals surface area contributed by atoms with Crippen LogP contribution in [0.2, 0.25) is 0 Å². The highest BCUT2D eigenvalue weighted by molar-refractivity contribution is 5.73. The number of hydrogen-bond acceptors (Lipinski definition) is 2. The van der Waals surface area contributed by atoms with Crippen LogP contribution in [0.3, 0.4) is 0 Å². The van der Waals surface area contributed by atoms with E-state index in [2.05, 4.69) is 37.1 Å². The van der Waals surface area contributed by atoms with Gasteiger partial charge in [-0.3, -0.25) is 0 Å². The van der Waals surface area contributed by atoms with Crippen LogP contribution in [0, 0.1) is 5.92 Å². The molecule has 1 aromatic heterocycles. The Kier molecular flexibility index (Phi) is 2.23. The summed E-state index contributed by atoms with van der Waals surface area (Å²) < 4.78 is 2.00. The zero-order valence-electron chi connectivity index (χ0n) is 8.81. The molecule has 2 rings (SSSR count). The Hall–Kier alpha value is -1.38. The van der Waals surface area contributed by atoms with Crippen molar-refractivity contribution in [1.82, 2.24) is 15.0 Å². The van der Waals surface area contributed by atoms with Crippen molar-refractivity contribution in [2.75, 3.05) is 0 Å². The first kappa shape index (κ1) is 9.19. The molecule has 0 fully saturated rings. The van der Waals surface area contributed by atoms with Crippen LogP contribution in [-0.2, 0) is 0 Å². The highest BCUT2D eigenvalue weighted by Gasteiger charge is 2.13. The lowest BCUT2D eigenvalue weighted by molar-refractivity contribution is 0.377. The van der Waals surface area contributed by atoms with Gasteiger partial charge in [0.1, 0.15) is 5.52 Å². The van der Waals surface area contributed by atoms with E-state index < -0.39 is 0 Å². The lowest BCUT2D eigenvalue weighted by Crippen LogP contribution is -2.12. The molecule has 74 valence electrons. The van der Waals surface area contributed by atoms with Gasteiger partial charge in [0.2, 0.25) is 0 Å². The molecule has 1 unspecified atom stereocenters. The summed E-state index contributed by atoms with van der Waals surface area (Å²) >= 11 is 0. The summed E-state index contributed by atoms with van der Waals surface area (Å²) in [6.45, 7) is 6.56. The molecule has 0 spiro atoms. The standard InChI is InChI=1S/C11H15N3/c1-8(2)9(3)14-11-7-5-4-6-10(11)12-13-14/h4-9H,1-3H3. The Morgan fingerprint density at radius 1 is 1.14 bits per heavy atom. The zero-order chi connectivity index (χ0) is 10.1. The van der Waals surface area contributed by atoms with Crippen molar-refractivity contribution in [1.29, 1.82) is 0 Å². The van der Waals surface area contributed by atoms with Crippen LogP contribution in [0.4, 0.5) is 0 Å². The average molecular weight is 189 g/mol. The van der Waals surface area contributed by atoms with Gasteiger partial charge in [-0.2, -0.15) is 0 Å². The first-order valence-corrected chi connectivity index (χ1v) is 5.00. The fourth-order valence-electron chi connectivity index (χ4n) is 1.47. The molecule has 0 saturated heterocycles. The molecule has 0 aliphatic rings.